The summed E-state index contributed by atoms with van der Waals surface area (Å²) in [7, 11) is 0. The van der Waals surface area contributed by atoms with Gasteiger partial charge in [-0.2, -0.15) is 0 Å². The first kappa shape index (κ1) is 17.9. The average molecular weight is 340 g/mol. The number of nitro groups is 1. The Kier molecular flexibility index (Phi) is 5.53. The van der Waals surface area contributed by atoms with Crippen LogP contribution < -0.4 is 5.32 Å². The Bertz CT molecular complexity index is 732. The molecule has 0 saturated carbocycles. The first-order chi connectivity index (χ1) is 11.3. The van der Waals surface area contributed by atoms with Crippen molar-refractivity contribution in [3.63, 3.8) is 0 Å². The highest BCUT2D eigenvalue weighted by atomic mass is 19.2. The van der Waals surface area contributed by atoms with Gasteiger partial charge >= 0.3 is 0 Å². The average Bonchev–Trinajstić information content (AvgIpc) is 2.56. The van der Waals surface area contributed by atoms with Crippen LogP contribution in [0.5, 0.6) is 0 Å². The fourth-order valence-electron chi connectivity index (χ4n) is 2.34. The predicted molar refractivity (Wildman–Crippen MR) is 80.8 cm³/mol. The normalized spacial score (nSPS) is 13.5. The van der Waals surface area contributed by atoms with Gasteiger partial charge < -0.3 is 10.4 Å². The molecule has 0 heterocycles. The lowest BCUT2D eigenvalue weighted by Crippen LogP contribution is -2.27. The Hall–Kier alpha value is -2.45. The van der Waals surface area contributed by atoms with Crippen molar-refractivity contribution < 1.29 is 23.2 Å². The van der Waals surface area contributed by atoms with Crippen molar-refractivity contribution in [1.29, 1.82) is 0 Å². The molecule has 0 saturated heterocycles. The van der Waals surface area contributed by atoms with Crippen LogP contribution in [-0.4, -0.2) is 16.6 Å². The molecular formula is C16H15F3N2O3. The molecule has 0 aliphatic rings. The van der Waals surface area contributed by atoms with Crippen LogP contribution in [0.1, 0.15) is 30.1 Å². The lowest BCUT2D eigenvalue weighted by Gasteiger charge is -2.22. The van der Waals surface area contributed by atoms with Gasteiger partial charge in [0.25, 0.3) is 5.69 Å². The minimum absolute atomic E-state index is 0.0335. The molecule has 8 heteroatoms. The zero-order chi connectivity index (χ0) is 17.9. The summed E-state index contributed by atoms with van der Waals surface area (Å²) in [5.74, 6) is -4.29. The molecule has 0 spiro atoms. The number of non-ortho nitro benzene ring substituents is 1. The van der Waals surface area contributed by atoms with E-state index in [-0.39, 0.29) is 11.3 Å². The van der Waals surface area contributed by atoms with E-state index in [1.54, 1.807) is 13.0 Å². The molecule has 0 aliphatic carbocycles. The van der Waals surface area contributed by atoms with Gasteiger partial charge in [-0.05, 0) is 30.2 Å². The zero-order valence-corrected chi connectivity index (χ0v) is 12.7. The molecule has 2 N–H and O–H groups in total. The third-order valence-electron chi connectivity index (χ3n) is 3.62. The highest BCUT2D eigenvalue weighted by Crippen LogP contribution is 2.24. The summed E-state index contributed by atoms with van der Waals surface area (Å²) in [6, 6.07) is 6.12. The van der Waals surface area contributed by atoms with Gasteiger partial charge in [0.05, 0.1) is 17.6 Å². The van der Waals surface area contributed by atoms with E-state index in [1.165, 1.54) is 18.2 Å². The number of rotatable bonds is 6. The van der Waals surface area contributed by atoms with Gasteiger partial charge in [-0.1, -0.05) is 12.1 Å². The number of benzene rings is 2. The molecule has 2 unspecified atom stereocenters. The number of nitrogens with zero attached hydrogens (tertiary/aromatic N) is 1. The Morgan fingerprint density at radius 1 is 1.17 bits per heavy atom. The number of nitrogens with one attached hydrogen (secondary N) is 1. The number of hydrogen-bond acceptors (Lipinski definition) is 4. The molecule has 0 bridgehead atoms. The van der Waals surface area contributed by atoms with Crippen LogP contribution in [0.15, 0.2) is 36.4 Å². The van der Waals surface area contributed by atoms with Crippen molar-refractivity contribution in [2.75, 3.05) is 6.61 Å². The van der Waals surface area contributed by atoms with E-state index in [9.17, 15) is 28.4 Å². The summed E-state index contributed by atoms with van der Waals surface area (Å²) in [6.07, 6.45) is 0. The molecule has 5 nitrogen and oxygen atoms in total. The smallest absolute Gasteiger partial charge is 0.269 e. The first-order valence-corrected chi connectivity index (χ1v) is 7.09. The SMILES string of the molecule is CC(NC(CO)c1cc(F)c(F)c(F)c1)c1cccc([N+](=O)[O-])c1. The second-order valence-corrected chi connectivity index (χ2v) is 5.27. The molecule has 0 fully saturated rings. The largest absolute Gasteiger partial charge is 0.394 e. The molecule has 2 atom stereocenters. The van der Waals surface area contributed by atoms with E-state index in [0.717, 1.165) is 12.1 Å². The van der Waals surface area contributed by atoms with Crippen LogP contribution in [-0.2, 0) is 0 Å². The van der Waals surface area contributed by atoms with Crippen molar-refractivity contribution in [2.24, 2.45) is 0 Å². The van der Waals surface area contributed by atoms with Crippen molar-refractivity contribution in [3.8, 4) is 0 Å². The fourth-order valence-corrected chi connectivity index (χ4v) is 2.34. The maximum absolute atomic E-state index is 13.3. The van der Waals surface area contributed by atoms with Crippen molar-refractivity contribution >= 4 is 5.69 Å². The summed E-state index contributed by atoms with van der Waals surface area (Å²) < 4.78 is 39.7. The summed E-state index contributed by atoms with van der Waals surface area (Å²) in [5.41, 5.74) is 0.498. The van der Waals surface area contributed by atoms with Crippen LogP contribution >= 0.6 is 0 Å². The topological polar surface area (TPSA) is 75.4 Å². The van der Waals surface area contributed by atoms with Crippen LogP contribution in [0.4, 0.5) is 18.9 Å². The Morgan fingerprint density at radius 3 is 2.33 bits per heavy atom. The summed E-state index contributed by atoms with van der Waals surface area (Å²) in [5, 5.41) is 23.2. The molecule has 24 heavy (non-hydrogen) atoms. The van der Waals surface area contributed by atoms with Crippen LogP contribution in [0.3, 0.4) is 0 Å². The first-order valence-electron chi connectivity index (χ1n) is 7.09. The third-order valence-corrected chi connectivity index (χ3v) is 3.62. The zero-order valence-electron chi connectivity index (χ0n) is 12.7. The van der Waals surface area contributed by atoms with E-state index in [1.807, 2.05) is 0 Å². The lowest BCUT2D eigenvalue weighted by atomic mass is 10.0. The highest BCUT2D eigenvalue weighted by Gasteiger charge is 2.20. The van der Waals surface area contributed by atoms with Crippen LogP contribution in [0, 0.1) is 27.6 Å². The molecule has 2 aromatic rings. The molecule has 0 radical (unpaired) electrons. The minimum atomic E-state index is -1.58. The van der Waals surface area contributed by atoms with Gasteiger partial charge in [0.15, 0.2) is 17.5 Å². The van der Waals surface area contributed by atoms with E-state index in [4.69, 9.17) is 0 Å². The van der Waals surface area contributed by atoms with Gasteiger partial charge in [-0.15, -0.1) is 0 Å². The summed E-state index contributed by atoms with van der Waals surface area (Å²) in [6.45, 7) is 1.18. The molecule has 0 aromatic heterocycles. The molecule has 0 amide bonds. The van der Waals surface area contributed by atoms with Gasteiger partial charge in [-0.25, -0.2) is 13.2 Å². The number of aliphatic hydroxyl groups is 1. The molecule has 0 aliphatic heterocycles. The Balaban J connectivity index is 2.24. The fraction of sp³-hybridized carbons (Fsp3) is 0.250. The maximum Gasteiger partial charge on any atom is 0.269 e. The molecule has 2 aromatic carbocycles. The number of halogens is 3. The predicted octanol–water partition coefficient (Wildman–Crippen LogP) is 3.40. The monoisotopic (exact) mass is 340 g/mol. The second kappa shape index (κ2) is 7.41. The van der Waals surface area contributed by atoms with E-state index in [0.29, 0.717) is 5.56 Å². The molecular weight excluding hydrogens is 325 g/mol. The van der Waals surface area contributed by atoms with Crippen molar-refractivity contribution in [1.82, 2.24) is 5.32 Å². The van der Waals surface area contributed by atoms with Gasteiger partial charge in [-0.3, -0.25) is 10.1 Å². The van der Waals surface area contributed by atoms with Crippen molar-refractivity contribution in [2.45, 2.75) is 19.0 Å². The quantitative estimate of drug-likeness (QED) is 0.480. The standard InChI is InChI=1S/C16H15F3N2O3/c1-9(10-3-2-4-12(5-10)21(23)24)20-15(8-22)11-6-13(17)16(19)14(18)7-11/h2-7,9,15,20,22H,8H2,1H3. The van der Waals surface area contributed by atoms with Crippen LogP contribution in [0.2, 0.25) is 0 Å². The number of nitro benzene ring substituents is 1. The van der Waals surface area contributed by atoms with Crippen molar-refractivity contribution in [3.05, 3.63) is 75.1 Å². The number of aliphatic hydroxyl groups excluding tert-OH is 1. The minimum Gasteiger partial charge on any atom is -0.394 e. The van der Waals surface area contributed by atoms with Crippen LogP contribution in [0.25, 0.3) is 0 Å². The Morgan fingerprint density at radius 2 is 1.79 bits per heavy atom. The third kappa shape index (κ3) is 3.90. The lowest BCUT2D eigenvalue weighted by molar-refractivity contribution is -0.384. The Labute approximate surface area is 135 Å². The molecule has 2 rings (SSSR count). The van der Waals surface area contributed by atoms with E-state index >= 15 is 0 Å². The maximum atomic E-state index is 13.3. The van der Waals surface area contributed by atoms with E-state index < -0.39 is 41.1 Å². The van der Waals surface area contributed by atoms with Gasteiger partial charge in [0.2, 0.25) is 0 Å². The summed E-state index contributed by atoms with van der Waals surface area (Å²) in [4.78, 5) is 10.3. The van der Waals surface area contributed by atoms with Gasteiger partial charge in [0, 0.05) is 18.2 Å². The molecule has 128 valence electrons. The summed E-state index contributed by atoms with van der Waals surface area (Å²) >= 11 is 0. The number of hydrogen-bond donors (Lipinski definition) is 2. The van der Waals surface area contributed by atoms with Gasteiger partial charge in [0.1, 0.15) is 0 Å². The van der Waals surface area contributed by atoms with E-state index in [2.05, 4.69) is 5.32 Å². The highest BCUT2D eigenvalue weighted by molar-refractivity contribution is 5.36. The second-order valence-electron chi connectivity index (χ2n) is 5.27.